The maximum atomic E-state index is 9.14. The Bertz CT molecular complexity index is 717. The van der Waals surface area contributed by atoms with E-state index in [9.17, 15) is 0 Å². The SMILES string of the molecule is ONC(=Nc1cccc2ccccc12)c1cnon1. The third kappa shape index (κ3) is 2.16. The third-order valence-electron chi connectivity index (χ3n) is 2.71. The molecule has 0 saturated carbocycles. The molecular formula is C13H10N4O2. The van der Waals surface area contributed by atoms with Gasteiger partial charge in [-0.25, -0.2) is 9.62 Å². The van der Waals surface area contributed by atoms with Crippen LogP contribution in [0.15, 0.2) is 58.3 Å². The van der Waals surface area contributed by atoms with Crippen LogP contribution in [-0.4, -0.2) is 21.4 Å². The molecule has 0 aliphatic heterocycles. The second-order valence-corrected chi connectivity index (χ2v) is 3.86. The predicted octanol–water partition coefficient (Wildman–Crippen LogP) is 2.28. The van der Waals surface area contributed by atoms with Crippen LogP contribution < -0.4 is 5.48 Å². The molecule has 0 atom stereocenters. The average molecular weight is 254 g/mol. The first-order valence-electron chi connectivity index (χ1n) is 5.63. The van der Waals surface area contributed by atoms with E-state index in [1.807, 2.05) is 47.9 Å². The number of nitrogens with zero attached hydrogens (tertiary/aromatic N) is 3. The summed E-state index contributed by atoms with van der Waals surface area (Å²) >= 11 is 0. The maximum absolute atomic E-state index is 9.14. The summed E-state index contributed by atoms with van der Waals surface area (Å²) in [6.45, 7) is 0. The summed E-state index contributed by atoms with van der Waals surface area (Å²) in [7, 11) is 0. The number of benzene rings is 2. The summed E-state index contributed by atoms with van der Waals surface area (Å²) in [6.07, 6.45) is 1.37. The normalized spacial score (nSPS) is 11.7. The van der Waals surface area contributed by atoms with Crippen molar-refractivity contribution in [3.8, 4) is 0 Å². The highest BCUT2D eigenvalue weighted by Gasteiger charge is 2.08. The van der Waals surface area contributed by atoms with E-state index in [2.05, 4.69) is 19.9 Å². The van der Waals surface area contributed by atoms with Crippen molar-refractivity contribution in [3.05, 3.63) is 54.4 Å². The van der Waals surface area contributed by atoms with Crippen molar-refractivity contribution >= 4 is 22.3 Å². The van der Waals surface area contributed by atoms with Gasteiger partial charge in [-0.3, -0.25) is 10.7 Å². The summed E-state index contributed by atoms with van der Waals surface area (Å²) in [4.78, 5) is 4.34. The fourth-order valence-corrected chi connectivity index (χ4v) is 1.83. The van der Waals surface area contributed by atoms with Crippen molar-refractivity contribution in [1.82, 2.24) is 15.8 Å². The molecule has 0 bridgehead atoms. The molecule has 94 valence electrons. The Hall–Kier alpha value is -2.73. The first-order chi connectivity index (χ1) is 9.38. The highest BCUT2D eigenvalue weighted by atomic mass is 16.6. The second kappa shape index (κ2) is 4.87. The summed E-state index contributed by atoms with van der Waals surface area (Å²) in [6, 6.07) is 13.6. The van der Waals surface area contributed by atoms with Crippen molar-refractivity contribution < 1.29 is 9.84 Å². The molecule has 0 spiro atoms. The van der Waals surface area contributed by atoms with Crippen molar-refractivity contribution in [1.29, 1.82) is 0 Å². The van der Waals surface area contributed by atoms with Gasteiger partial charge in [-0.15, -0.1) is 0 Å². The number of aromatic nitrogens is 2. The molecule has 0 radical (unpaired) electrons. The number of amidine groups is 1. The lowest BCUT2D eigenvalue weighted by Gasteiger charge is -2.04. The molecule has 3 aromatic rings. The topological polar surface area (TPSA) is 83.5 Å². The lowest BCUT2D eigenvalue weighted by atomic mass is 10.1. The van der Waals surface area contributed by atoms with Gasteiger partial charge in [0.15, 0.2) is 11.5 Å². The Morgan fingerprint density at radius 1 is 1.16 bits per heavy atom. The molecular weight excluding hydrogens is 244 g/mol. The zero-order valence-corrected chi connectivity index (χ0v) is 9.82. The first-order valence-corrected chi connectivity index (χ1v) is 5.63. The van der Waals surface area contributed by atoms with Gasteiger partial charge in [0.1, 0.15) is 6.20 Å². The van der Waals surface area contributed by atoms with Crippen LogP contribution in [-0.2, 0) is 0 Å². The van der Waals surface area contributed by atoms with E-state index in [1.54, 1.807) is 0 Å². The zero-order valence-electron chi connectivity index (χ0n) is 9.82. The zero-order chi connectivity index (χ0) is 13.1. The van der Waals surface area contributed by atoms with Gasteiger partial charge in [0.05, 0.1) is 5.69 Å². The molecule has 1 heterocycles. The van der Waals surface area contributed by atoms with Gasteiger partial charge in [0, 0.05) is 5.39 Å². The molecule has 6 heteroatoms. The van der Waals surface area contributed by atoms with Crippen LogP contribution in [0, 0.1) is 0 Å². The van der Waals surface area contributed by atoms with Gasteiger partial charge >= 0.3 is 0 Å². The average Bonchev–Trinajstić information content (AvgIpc) is 2.99. The van der Waals surface area contributed by atoms with Gasteiger partial charge in [0.2, 0.25) is 0 Å². The van der Waals surface area contributed by atoms with Crippen molar-refractivity contribution in [2.75, 3.05) is 0 Å². The third-order valence-corrected chi connectivity index (χ3v) is 2.71. The van der Waals surface area contributed by atoms with Crippen LogP contribution in [0.3, 0.4) is 0 Å². The monoisotopic (exact) mass is 254 g/mol. The highest BCUT2D eigenvalue weighted by molar-refractivity contribution is 6.01. The predicted molar refractivity (Wildman–Crippen MR) is 69.4 cm³/mol. The number of hydrogen-bond donors (Lipinski definition) is 2. The minimum atomic E-state index is 0.178. The number of aliphatic imine (C=N–C) groups is 1. The fraction of sp³-hybridized carbons (Fsp3) is 0. The summed E-state index contributed by atoms with van der Waals surface area (Å²) in [5.41, 5.74) is 3.05. The summed E-state index contributed by atoms with van der Waals surface area (Å²) in [5, 5.41) is 18.3. The fourth-order valence-electron chi connectivity index (χ4n) is 1.83. The number of fused-ring (bicyclic) bond motifs is 1. The summed E-state index contributed by atoms with van der Waals surface area (Å²) in [5.74, 6) is 0.178. The molecule has 0 fully saturated rings. The minimum Gasteiger partial charge on any atom is -0.290 e. The molecule has 0 unspecified atom stereocenters. The number of hydroxylamine groups is 1. The molecule has 2 aromatic carbocycles. The standard InChI is InChI=1S/C13H10N4O2/c18-16-13(12-8-14-19-17-12)15-11-7-3-5-9-4-1-2-6-10(9)11/h1-8,18H,(H,15,16). The quantitative estimate of drug-likeness (QED) is 0.416. The van der Waals surface area contributed by atoms with Crippen LogP contribution in [0.1, 0.15) is 5.69 Å². The molecule has 3 rings (SSSR count). The smallest absolute Gasteiger partial charge is 0.181 e. The van der Waals surface area contributed by atoms with Crippen molar-refractivity contribution in [2.45, 2.75) is 0 Å². The molecule has 0 aliphatic rings. The molecule has 0 aliphatic carbocycles. The Labute approximate surface area is 108 Å². The second-order valence-electron chi connectivity index (χ2n) is 3.86. The van der Waals surface area contributed by atoms with Crippen molar-refractivity contribution in [2.24, 2.45) is 4.99 Å². The highest BCUT2D eigenvalue weighted by Crippen LogP contribution is 2.25. The van der Waals surface area contributed by atoms with Gasteiger partial charge in [-0.05, 0) is 16.6 Å². The van der Waals surface area contributed by atoms with E-state index in [0.29, 0.717) is 5.69 Å². The van der Waals surface area contributed by atoms with E-state index in [4.69, 9.17) is 5.21 Å². The van der Waals surface area contributed by atoms with E-state index in [1.165, 1.54) is 6.20 Å². The molecule has 6 nitrogen and oxygen atoms in total. The largest absolute Gasteiger partial charge is 0.290 e. The lowest BCUT2D eigenvalue weighted by molar-refractivity contribution is 0.234. The molecule has 0 saturated heterocycles. The maximum Gasteiger partial charge on any atom is 0.181 e. The molecule has 19 heavy (non-hydrogen) atoms. The number of rotatable bonds is 2. The first kappa shape index (κ1) is 11.4. The molecule has 0 amide bonds. The van der Waals surface area contributed by atoms with Crippen LogP contribution in [0.2, 0.25) is 0 Å². The Morgan fingerprint density at radius 3 is 2.79 bits per heavy atom. The van der Waals surface area contributed by atoms with Crippen LogP contribution in [0.25, 0.3) is 10.8 Å². The van der Waals surface area contributed by atoms with Gasteiger partial charge < -0.3 is 0 Å². The Kier molecular flexibility index (Phi) is 2.91. The lowest BCUT2D eigenvalue weighted by Crippen LogP contribution is -2.20. The van der Waals surface area contributed by atoms with Gasteiger partial charge in [-0.1, -0.05) is 41.6 Å². The van der Waals surface area contributed by atoms with Gasteiger partial charge in [0.25, 0.3) is 0 Å². The van der Waals surface area contributed by atoms with Crippen LogP contribution in [0.4, 0.5) is 5.69 Å². The van der Waals surface area contributed by atoms with Crippen LogP contribution in [0.5, 0.6) is 0 Å². The molecule has 2 N–H and O–H groups in total. The number of nitrogens with one attached hydrogen (secondary N) is 1. The minimum absolute atomic E-state index is 0.178. The Balaban J connectivity index is 2.14. The molecule has 1 aromatic heterocycles. The Morgan fingerprint density at radius 2 is 2.00 bits per heavy atom. The summed E-state index contributed by atoms with van der Waals surface area (Å²) < 4.78 is 4.49. The van der Waals surface area contributed by atoms with Crippen molar-refractivity contribution in [3.63, 3.8) is 0 Å². The van der Waals surface area contributed by atoms with E-state index >= 15 is 0 Å². The van der Waals surface area contributed by atoms with E-state index in [0.717, 1.165) is 16.5 Å². The van der Waals surface area contributed by atoms with E-state index < -0.39 is 0 Å². The number of hydrogen-bond acceptors (Lipinski definition) is 5. The van der Waals surface area contributed by atoms with E-state index in [-0.39, 0.29) is 5.84 Å². The van der Waals surface area contributed by atoms with Crippen LogP contribution >= 0.6 is 0 Å². The van der Waals surface area contributed by atoms with Gasteiger partial charge in [-0.2, -0.15) is 0 Å².